The molecule has 0 bridgehead atoms. The van der Waals surface area contributed by atoms with E-state index >= 15 is 0 Å². The number of hydrogen-bond acceptors (Lipinski definition) is 8. The van der Waals surface area contributed by atoms with Crippen LogP contribution in [0.3, 0.4) is 0 Å². The number of thiol groups is 4. The first kappa shape index (κ1) is 25.1. The Bertz CT molecular complexity index is 593. The first-order valence-corrected chi connectivity index (χ1v) is 11.4. The van der Waals surface area contributed by atoms with E-state index in [9.17, 15) is 0 Å². The summed E-state index contributed by atoms with van der Waals surface area (Å²) in [6.07, 6.45) is 0. The molecule has 0 heterocycles. The first-order valence-electron chi connectivity index (χ1n) is 8.88. The second kappa shape index (κ2) is 16.9. The fraction of sp³-hybridized carbons (Fsp3) is 0.400. The van der Waals surface area contributed by atoms with Crippen molar-refractivity contribution in [3.63, 3.8) is 0 Å². The van der Waals surface area contributed by atoms with Crippen LogP contribution in [0.15, 0.2) is 48.5 Å². The number of rotatable bonds is 12. The SMILES string of the molecule is SCCOc1cccc(OCCS)c1.SCCOc1ccccc1OCCS. The molecule has 0 atom stereocenters. The molecular weight excluding hydrogens is 432 g/mol. The number of ether oxygens (including phenoxy) is 4. The molecule has 0 aliphatic rings. The lowest BCUT2D eigenvalue weighted by atomic mass is 10.3. The van der Waals surface area contributed by atoms with E-state index in [4.69, 9.17) is 18.9 Å². The summed E-state index contributed by atoms with van der Waals surface area (Å²) in [5.41, 5.74) is 0. The molecule has 4 nitrogen and oxygen atoms in total. The molecule has 2 rings (SSSR count). The van der Waals surface area contributed by atoms with E-state index in [1.54, 1.807) is 0 Å². The van der Waals surface area contributed by atoms with Crippen LogP contribution >= 0.6 is 50.5 Å². The third-order valence-corrected chi connectivity index (χ3v) is 3.80. The minimum absolute atomic E-state index is 0.588. The molecule has 0 aliphatic carbocycles. The van der Waals surface area contributed by atoms with Gasteiger partial charge in [-0.3, -0.25) is 0 Å². The Balaban J connectivity index is 0.000000280. The van der Waals surface area contributed by atoms with Gasteiger partial charge in [0.25, 0.3) is 0 Å². The molecule has 28 heavy (non-hydrogen) atoms. The van der Waals surface area contributed by atoms with Crippen LogP contribution in [0, 0.1) is 0 Å². The lowest BCUT2D eigenvalue weighted by Gasteiger charge is -2.10. The fourth-order valence-corrected chi connectivity index (χ4v) is 2.35. The normalized spacial score (nSPS) is 9.86. The van der Waals surface area contributed by atoms with Gasteiger partial charge in [-0.25, -0.2) is 0 Å². The zero-order valence-electron chi connectivity index (χ0n) is 15.7. The molecule has 8 heteroatoms. The van der Waals surface area contributed by atoms with Gasteiger partial charge in [-0.05, 0) is 24.3 Å². The largest absolute Gasteiger partial charge is 0.493 e. The Labute approximate surface area is 189 Å². The molecule has 0 aliphatic heterocycles. The van der Waals surface area contributed by atoms with Gasteiger partial charge in [0.05, 0.1) is 26.4 Å². The highest BCUT2D eigenvalue weighted by Crippen LogP contribution is 2.26. The molecular formula is C20H28O4S4. The van der Waals surface area contributed by atoms with Gasteiger partial charge in [0.1, 0.15) is 11.5 Å². The van der Waals surface area contributed by atoms with Crippen LogP contribution in [-0.4, -0.2) is 49.4 Å². The van der Waals surface area contributed by atoms with E-state index in [2.05, 4.69) is 50.5 Å². The van der Waals surface area contributed by atoms with Crippen molar-refractivity contribution in [1.82, 2.24) is 0 Å². The maximum absolute atomic E-state index is 5.46. The Hall–Kier alpha value is -0.960. The molecule has 2 aromatic carbocycles. The van der Waals surface area contributed by atoms with Crippen molar-refractivity contribution in [3.05, 3.63) is 48.5 Å². The Morgan fingerprint density at radius 1 is 0.500 bits per heavy atom. The average molecular weight is 461 g/mol. The summed E-state index contributed by atoms with van der Waals surface area (Å²) in [7, 11) is 0. The summed E-state index contributed by atoms with van der Waals surface area (Å²) in [5, 5.41) is 0. The van der Waals surface area contributed by atoms with Gasteiger partial charge >= 0.3 is 0 Å². The van der Waals surface area contributed by atoms with Crippen LogP contribution in [-0.2, 0) is 0 Å². The van der Waals surface area contributed by atoms with Crippen molar-refractivity contribution < 1.29 is 18.9 Å². The van der Waals surface area contributed by atoms with Crippen LogP contribution in [0.25, 0.3) is 0 Å². The van der Waals surface area contributed by atoms with Crippen LogP contribution in [0.2, 0.25) is 0 Å². The second-order valence-corrected chi connectivity index (χ2v) is 7.00. The maximum Gasteiger partial charge on any atom is 0.161 e. The summed E-state index contributed by atoms with van der Waals surface area (Å²) >= 11 is 16.3. The Morgan fingerprint density at radius 2 is 0.893 bits per heavy atom. The van der Waals surface area contributed by atoms with Gasteiger partial charge in [0.15, 0.2) is 11.5 Å². The predicted molar refractivity (Wildman–Crippen MR) is 130 cm³/mol. The zero-order valence-corrected chi connectivity index (χ0v) is 19.3. The van der Waals surface area contributed by atoms with Crippen LogP contribution in [0.1, 0.15) is 0 Å². The van der Waals surface area contributed by atoms with E-state index in [1.165, 1.54) is 0 Å². The van der Waals surface area contributed by atoms with Crippen LogP contribution in [0.4, 0.5) is 0 Å². The summed E-state index contributed by atoms with van der Waals surface area (Å²) < 4.78 is 21.7. The van der Waals surface area contributed by atoms with Crippen molar-refractivity contribution in [3.8, 4) is 23.0 Å². The zero-order chi connectivity index (χ0) is 20.5. The Kier molecular flexibility index (Phi) is 15.2. The Morgan fingerprint density at radius 3 is 1.29 bits per heavy atom. The number of hydrogen-bond donors (Lipinski definition) is 4. The molecule has 0 saturated heterocycles. The van der Waals surface area contributed by atoms with Gasteiger partial charge in [-0.1, -0.05) is 18.2 Å². The molecule has 0 unspecified atom stereocenters. The summed E-state index contributed by atoms with van der Waals surface area (Å²) in [4.78, 5) is 0. The third-order valence-electron chi connectivity index (χ3n) is 3.07. The van der Waals surface area contributed by atoms with Crippen LogP contribution < -0.4 is 18.9 Å². The summed E-state index contributed by atoms with van der Waals surface area (Å²) in [5.74, 6) is 5.98. The van der Waals surface area contributed by atoms with Crippen molar-refractivity contribution >= 4 is 50.5 Å². The van der Waals surface area contributed by atoms with Crippen molar-refractivity contribution in [2.45, 2.75) is 0 Å². The van der Waals surface area contributed by atoms with Gasteiger partial charge in [0.2, 0.25) is 0 Å². The lowest BCUT2D eigenvalue weighted by molar-refractivity contribution is 0.291. The standard InChI is InChI=1S/2C10H14O2S2/c13-6-4-11-9-2-1-3-10(8-9)12-5-7-14;13-7-5-11-9-3-1-2-4-10(9)12-6-8-14/h1-3,8,13-14H,4-7H2;1-4,13-14H,5-8H2. The average Bonchev–Trinajstić information content (AvgIpc) is 2.74. The molecule has 0 radical (unpaired) electrons. The topological polar surface area (TPSA) is 36.9 Å². The molecule has 0 spiro atoms. The second-order valence-electron chi connectivity index (χ2n) is 5.21. The van der Waals surface area contributed by atoms with Gasteiger partial charge in [0, 0.05) is 29.1 Å². The van der Waals surface area contributed by atoms with Gasteiger partial charge < -0.3 is 18.9 Å². The van der Waals surface area contributed by atoms with Crippen LogP contribution in [0.5, 0.6) is 23.0 Å². The fourth-order valence-electron chi connectivity index (χ4n) is 1.98. The van der Waals surface area contributed by atoms with E-state index in [-0.39, 0.29) is 0 Å². The van der Waals surface area contributed by atoms with Gasteiger partial charge in [-0.2, -0.15) is 50.5 Å². The van der Waals surface area contributed by atoms with Gasteiger partial charge in [-0.15, -0.1) is 0 Å². The summed E-state index contributed by atoms with van der Waals surface area (Å²) in [6, 6.07) is 15.2. The minimum Gasteiger partial charge on any atom is -0.493 e. The van der Waals surface area contributed by atoms with E-state index < -0.39 is 0 Å². The highest BCUT2D eigenvalue weighted by molar-refractivity contribution is 7.80. The molecule has 0 fully saturated rings. The quantitative estimate of drug-likeness (QED) is 0.349. The monoisotopic (exact) mass is 460 g/mol. The lowest BCUT2D eigenvalue weighted by Crippen LogP contribution is -2.03. The number of benzene rings is 2. The van der Waals surface area contributed by atoms with Crippen molar-refractivity contribution in [1.29, 1.82) is 0 Å². The van der Waals surface area contributed by atoms with E-state index in [1.807, 2.05) is 48.5 Å². The molecule has 0 N–H and O–H groups in total. The highest BCUT2D eigenvalue weighted by Gasteiger charge is 2.02. The highest BCUT2D eigenvalue weighted by atomic mass is 32.1. The summed E-state index contributed by atoms with van der Waals surface area (Å²) in [6.45, 7) is 2.40. The third kappa shape index (κ3) is 11.1. The molecule has 0 amide bonds. The number of para-hydroxylation sites is 2. The smallest absolute Gasteiger partial charge is 0.161 e. The maximum atomic E-state index is 5.46. The predicted octanol–water partition coefficient (Wildman–Crippen LogP) is 4.61. The molecule has 0 saturated carbocycles. The van der Waals surface area contributed by atoms with Crippen molar-refractivity contribution in [2.24, 2.45) is 0 Å². The minimum atomic E-state index is 0.588. The van der Waals surface area contributed by atoms with E-state index in [0.717, 1.165) is 23.0 Å². The van der Waals surface area contributed by atoms with E-state index in [0.29, 0.717) is 49.4 Å². The molecule has 156 valence electrons. The molecule has 0 aromatic heterocycles. The molecule has 2 aromatic rings. The first-order chi connectivity index (χ1) is 13.7. The van der Waals surface area contributed by atoms with Crippen molar-refractivity contribution in [2.75, 3.05) is 49.4 Å².